The molecule has 39 heavy (non-hydrogen) atoms. The highest BCUT2D eigenvalue weighted by Gasteiger charge is 2.44. The molecule has 0 spiro atoms. The van der Waals surface area contributed by atoms with E-state index in [4.69, 9.17) is 11.6 Å². The lowest BCUT2D eigenvalue weighted by atomic mass is 9.87. The zero-order chi connectivity index (χ0) is 28.5. The van der Waals surface area contributed by atoms with E-state index in [1.165, 1.54) is 12.1 Å². The first-order chi connectivity index (χ1) is 18.4. The maximum atomic E-state index is 14.9. The van der Waals surface area contributed by atoms with Gasteiger partial charge in [-0.15, -0.1) is 0 Å². The minimum atomic E-state index is -0.626. The van der Waals surface area contributed by atoms with Gasteiger partial charge in [0, 0.05) is 61.2 Å². The average Bonchev–Trinajstić information content (AvgIpc) is 3.30. The largest absolute Gasteiger partial charge is 0.341 e. The first-order valence-electron chi connectivity index (χ1n) is 13.9. The summed E-state index contributed by atoms with van der Waals surface area (Å²) in [6.07, 6.45) is 1.45. The molecule has 0 aromatic heterocycles. The van der Waals surface area contributed by atoms with E-state index in [0.717, 1.165) is 24.5 Å². The summed E-state index contributed by atoms with van der Waals surface area (Å²) in [7, 11) is 0. The van der Waals surface area contributed by atoms with Crippen LogP contribution < -0.4 is 0 Å². The number of nitrogens with zero attached hydrogens (tertiary/aromatic N) is 3. The van der Waals surface area contributed by atoms with Gasteiger partial charge in [0.1, 0.15) is 11.6 Å². The van der Waals surface area contributed by atoms with Gasteiger partial charge in [-0.05, 0) is 62.9 Å². The van der Waals surface area contributed by atoms with Crippen LogP contribution in [0.15, 0.2) is 42.5 Å². The highest BCUT2D eigenvalue weighted by molar-refractivity contribution is 6.30. The van der Waals surface area contributed by atoms with Crippen LogP contribution >= 0.6 is 11.6 Å². The van der Waals surface area contributed by atoms with Crippen LogP contribution in [0.25, 0.3) is 0 Å². The molecule has 0 aliphatic carbocycles. The Balaban J connectivity index is 1.59. The summed E-state index contributed by atoms with van der Waals surface area (Å²) >= 11 is 6.12. The standard InChI is InChI=1S/C31H40ClF2N3O2/c1-20(2)29(38)37-16-15-35(14-6-7-28(37)21-8-10-22(32)11-9-21)30(39)26-19-36(31(3,4)5)18-25(26)24-13-12-23(33)17-27(24)34/h8-13,17,20,25-26,28H,6-7,14-16,18-19H2,1-5H3. The fourth-order valence-electron chi connectivity index (χ4n) is 5.93. The molecule has 4 rings (SSSR count). The number of carbonyl (C=O) groups is 2. The first-order valence-corrected chi connectivity index (χ1v) is 14.3. The van der Waals surface area contributed by atoms with Crippen molar-refractivity contribution in [1.82, 2.24) is 14.7 Å². The van der Waals surface area contributed by atoms with Crippen molar-refractivity contribution < 1.29 is 18.4 Å². The van der Waals surface area contributed by atoms with Crippen LogP contribution in [0.2, 0.25) is 5.02 Å². The van der Waals surface area contributed by atoms with Crippen molar-refractivity contribution in [2.24, 2.45) is 11.8 Å². The second-order valence-electron chi connectivity index (χ2n) is 12.2. The molecule has 2 fully saturated rings. The second kappa shape index (κ2) is 11.9. The lowest BCUT2D eigenvalue weighted by Crippen LogP contribution is -2.48. The van der Waals surface area contributed by atoms with Crippen LogP contribution in [0.1, 0.15) is 70.5 Å². The Hall–Kier alpha value is -2.51. The number of likely N-dealkylation sites (tertiary alicyclic amines) is 1. The molecule has 0 saturated carbocycles. The lowest BCUT2D eigenvalue weighted by molar-refractivity contribution is -0.142. The molecular formula is C31H40ClF2N3O2. The van der Waals surface area contributed by atoms with Crippen molar-refractivity contribution in [3.05, 3.63) is 70.2 Å². The number of carbonyl (C=O) groups excluding carboxylic acids is 2. The van der Waals surface area contributed by atoms with Crippen LogP contribution in [0.4, 0.5) is 8.78 Å². The highest BCUT2D eigenvalue weighted by atomic mass is 35.5. The molecule has 2 amide bonds. The number of amides is 2. The summed E-state index contributed by atoms with van der Waals surface area (Å²) in [6.45, 7) is 12.5. The number of hydrogen-bond donors (Lipinski definition) is 0. The molecule has 3 atom stereocenters. The van der Waals surface area contributed by atoms with Gasteiger partial charge < -0.3 is 9.80 Å². The SMILES string of the molecule is CC(C)C(=O)N1CCN(C(=O)C2CN(C(C)(C)C)CC2c2ccc(F)cc2F)CCCC1c1ccc(Cl)cc1. The van der Waals surface area contributed by atoms with Gasteiger partial charge in [0.15, 0.2) is 0 Å². The van der Waals surface area contributed by atoms with Crippen LogP contribution in [0.5, 0.6) is 0 Å². The molecule has 212 valence electrons. The predicted octanol–water partition coefficient (Wildman–Crippen LogP) is 6.28. The highest BCUT2D eigenvalue weighted by Crippen LogP contribution is 2.39. The number of hydrogen-bond acceptors (Lipinski definition) is 3. The summed E-state index contributed by atoms with van der Waals surface area (Å²) in [5, 5.41) is 0.649. The Morgan fingerprint density at radius 1 is 0.974 bits per heavy atom. The van der Waals surface area contributed by atoms with Crippen LogP contribution in [-0.2, 0) is 9.59 Å². The molecule has 5 nitrogen and oxygen atoms in total. The Bertz CT molecular complexity index is 1180. The molecule has 2 saturated heterocycles. The Kier molecular flexibility index (Phi) is 9.01. The minimum absolute atomic E-state index is 0.0302. The van der Waals surface area contributed by atoms with E-state index in [2.05, 4.69) is 25.7 Å². The monoisotopic (exact) mass is 559 g/mol. The third kappa shape index (κ3) is 6.63. The van der Waals surface area contributed by atoms with E-state index in [1.54, 1.807) is 0 Å². The number of rotatable bonds is 4. The maximum Gasteiger partial charge on any atom is 0.227 e. The van der Waals surface area contributed by atoms with Gasteiger partial charge in [0.2, 0.25) is 11.8 Å². The Morgan fingerprint density at radius 3 is 2.28 bits per heavy atom. The Labute approximate surface area is 236 Å². The summed E-state index contributed by atoms with van der Waals surface area (Å²) in [4.78, 5) is 33.4. The van der Waals surface area contributed by atoms with E-state index < -0.39 is 17.6 Å². The van der Waals surface area contributed by atoms with E-state index in [9.17, 15) is 18.4 Å². The maximum absolute atomic E-state index is 14.9. The van der Waals surface area contributed by atoms with Crippen molar-refractivity contribution in [3.63, 3.8) is 0 Å². The molecule has 0 radical (unpaired) electrons. The molecule has 2 aliphatic heterocycles. The fraction of sp³-hybridized carbons (Fsp3) is 0.548. The van der Waals surface area contributed by atoms with Gasteiger partial charge in [-0.2, -0.15) is 0 Å². The molecule has 2 aromatic carbocycles. The summed E-state index contributed by atoms with van der Waals surface area (Å²) in [5.41, 5.74) is 1.22. The molecule has 2 aliphatic rings. The average molecular weight is 560 g/mol. The third-order valence-electron chi connectivity index (χ3n) is 8.18. The molecule has 3 unspecified atom stereocenters. The number of benzene rings is 2. The molecule has 0 bridgehead atoms. The molecule has 8 heteroatoms. The molecule has 2 heterocycles. The smallest absolute Gasteiger partial charge is 0.227 e. The van der Waals surface area contributed by atoms with Crippen molar-refractivity contribution in [1.29, 1.82) is 0 Å². The van der Waals surface area contributed by atoms with Gasteiger partial charge in [0.05, 0.1) is 12.0 Å². The zero-order valence-corrected chi connectivity index (χ0v) is 24.3. The third-order valence-corrected chi connectivity index (χ3v) is 8.44. The molecule has 2 aromatic rings. The van der Waals surface area contributed by atoms with E-state index in [-0.39, 0.29) is 35.2 Å². The fourth-order valence-corrected chi connectivity index (χ4v) is 6.05. The Morgan fingerprint density at radius 2 is 1.67 bits per heavy atom. The van der Waals surface area contributed by atoms with Gasteiger partial charge in [0.25, 0.3) is 0 Å². The van der Waals surface area contributed by atoms with E-state index in [1.807, 2.05) is 47.9 Å². The predicted molar refractivity (Wildman–Crippen MR) is 150 cm³/mol. The number of halogens is 3. The van der Waals surface area contributed by atoms with Crippen molar-refractivity contribution in [3.8, 4) is 0 Å². The normalized spacial score (nSPS) is 23.2. The van der Waals surface area contributed by atoms with E-state index >= 15 is 0 Å². The quantitative estimate of drug-likeness (QED) is 0.443. The van der Waals surface area contributed by atoms with Crippen LogP contribution in [0, 0.1) is 23.5 Å². The van der Waals surface area contributed by atoms with Gasteiger partial charge in [-0.25, -0.2) is 8.78 Å². The van der Waals surface area contributed by atoms with Crippen LogP contribution in [-0.4, -0.2) is 64.8 Å². The summed E-state index contributed by atoms with van der Waals surface area (Å²) in [6, 6.07) is 11.2. The molecule has 0 N–H and O–H groups in total. The minimum Gasteiger partial charge on any atom is -0.341 e. The van der Waals surface area contributed by atoms with Gasteiger partial charge >= 0.3 is 0 Å². The lowest BCUT2D eigenvalue weighted by Gasteiger charge is -2.39. The second-order valence-corrected chi connectivity index (χ2v) is 12.6. The van der Waals surface area contributed by atoms with Crippen molar-refractivity contribution in [2.45, 2.75) is 65.0 Å². The van der Waals surface area contributed by atoms with Crippen LogP contribution in [0.3, 0.4) is 0 Å². The van der Waals surface area contributed by atoms with E-state index in [0.29, 0.717) is 43.3 Å². The topological polar surface area (TPSA) is 43.9 Å². The van der Waals surface area contributed by atoms with Gasteiger partial charge in [-0.1, -0.05) is 43.6 Å². The summed E-state index contributed by atoms with van der Waals surface area (Å²) < 4.78 is 28.6. The summed E-state index contributed by atoms with van der Waals surface area (Å²) in [5.74, 6) is -2.22. The zero-order valence-electron chi connectivity index (χ0n) is 23.6. The first kappa shape index (κ1) is 29.5. The van der Waals surface area contributed by atoms with Crippen molar-refractivity contribution in [2.75, 3.05) is 32.7 Å². The molecular weight excluding hydrogens is 520 g/mol. The van der Waals surface area contributed by atoms with Crippen molar-refractivity contribution >= 4 is 23.4 Å². The van der Waals surface area contributed by atoms with Gasteiger partial charge in [-0.3, -0.25) is 14.5 Å².